The van der Waals surface area contributed by atoms with E-state index in [1.165, 1.54) is 0 Å². The van der Waals surface area contributed by atoms with Crippen molar-refractivity contribution in [2.24, 2.45) is 0 Å². The first-order chi connectivity index (χ1) is 8.60. The van der Waals surface area contributed by atoms with Crippen LogP contribution in [-0.2, 0) is 14.3 Å². The molecule has 1 unspecified atom stereocenters. The summed E-state index contributed by atoms with van der Waals surface area (Å²) in [5, 5.41) is 0. The van der Waals surface area contributed by atoms with E-state index in [2.05, 4.69) is 0 Å². The maximum atomic E-state index is 11.8. The average molecular weight is 259 g/mol. The Hall–Kier alpha value is -1.26. The summed E-state index contributed by atoms with van der Waals surface area (Å²) in [7, 11) is 0. The molecule has 5 nitrogen and oxygen atoms in total. The molecule has 1 amide bonds. The van der Waals surface area contributed by atoms with Gasteiger partial charge in [-0.25, -0.2) is 4.79 Å². The lowest BCUT2D eigenvalue weighted by Gasteiger charge is -2.29. The largest absolute Gasteiger partial charge is 0.466 e. The molecule has 1 atom stereocenters. The van der Waals surface area contributed by atoms with Gasteiger partial charge in [0.05, 0.1) is 19.6 Å². The van der Waals surface area contributed by atoms with Gasteiger partial charge in [0, 0.05) is 12.6 Å². The number of carbonyl (C=O) groups excluding carboxylic acids is 2. The monoisotopic (exact) mass is 259 g/mol. The summed E-state index contributed by atoms with van der Waals surface area (Å²) in [4.78, 5) is 24.9. The Morgan fingerprint density at radius 2 is 1.67 bits per heavy atom. The molecule has 0 aliphatic rings. The maximum Gasteiger partial charge on any atom is 0.409 e. The van der Waals surface area contributed by atoms with Crippen LogP contribution in [0.3, 0.4) is 0 Å². The van der Waals surface area contributed by atoms with Crippen molar-refractivity contribution >= 4 is 12.1 Å². The first-order valence-electron chi connectivity index (χ1n) is 6.69. The lowest BCUT2D eigenvalue weighted by atomic mass is 10.1. The lowest BCUT2D eigenvalue weighted by Crippen LogP contribution is -2.42. The third-order valence-electron chi connectivity index (χ3n) is 2.61. The van der Waals surface area contributed by atoms with Crippen molar-refractivity contribution in [2.75, 3.05) is 19.8 Å². The number of rotatable bonds is 8. The van der Waals surface area contributed by atoms with Crippen LogP contribution in [0.1, 0.15) is 47.0 Å². The van der Waals surface area contributed by atoms with Crippen LogP contribution in [0.25, 0.3) is 0 Å². The molecule has 0 aliphatic heterocycles. The summed E-state index contributed by atoms with van der Waals surface area (Å²) in [6, 6.07) is -0.141. The number of hydrogen-bond acceptors (Lipinski definition) is 4. The van der Waals surface area contributed by atoms with Crippen molar-refractivity contribution in [1.82, 2.24) is 4.90 Å². The minimum atomic E-state index is -0.359. The van der Waals surface area contributed by atoms with E-state index in [4.69, 9.17) is 9.47 Å². The van der Waals surface area contributed by atoms with Crippen molar-refractivity contribution in [1.29, 1.82) is 0 Å². The van der Waals surface area contributed by atoms with E-state index >= 15 is 0 Å². The van der Waals surface area contributed by atoms with Crippen LogP contribution in [0.2, 0.25) is 0 Å². The molecule has 0 heterocycles. The maximum absolute atomic E-state index is 11.8. The number of ether oxygens (including phenoxy) is 2. The molecule has 5 heteroatoms. The van der Waals surface area contributed by atoms with Gasteiger partial charge in [0.1, 0.15) is 0 Å². The third-order valence-corrected chi connectivity index (χ3v) is 2.61. The smallest absolute Gasteiger partial charge is 0.409 e. The van der Waals surface area contributed by atoms with Gasteiger partial charge in [-0.15, -0.1) is 0 Å². The van der Waals surface area contributed by atoms with E-state index in [1.807, 2.05) is 13.8 Å². The van der Waals surface area contributed by atoms with Gasteiger partial charge in [-0.3, -0.25) is 4.79 Å². The molecule has 0 spiro atoms. The summed E-state index contributed by atoms with van der Waals surface area (Å²) < 4.78 is 9.93. The van der Waals surface area contributed by atoms with Gasteiger partial charge >= 0.3 is 12.1 Å². The highest BCUT2D eigenvalue weighted by atomic mass is 16.6. The zero-order valence-corrected chi connectivity index (χ0v) is 11.9. The molecule has 0 aromatic rings. The van der Waals surface area contributed by atoms with E-state index in [0.29, 0.717) is 19.8 Å². The minimum absolute atomic E-state index is 0.141. The van der Waals surface area contributed by atoms with Crippen LogP contribution >= 0.6 is 0 Å². The van der Waals surface area contributed by atoms with E-state index < -0.39 is 0 Å². The summed E-state index contributed by atoms with van der Waals surface area (Å²) in [6.45, 7) is 8.68. The van der Waals surface area contributed by atoms with Crippen LogP contribution in [0.15, 0.2) is 0 Å². The average Bonchev–Trinajstić information content (AvgIpc) is 2.30. The van der Waals surface area contributed by atoms with Crippen LogP contribution in [0.5, 0.6) is 0 Å². The van der Waals surface area contributed by atoms with E-state index in [-0.39, 0.29) is 24.5 Å². The Morgan fingerprint density at radius 1 is 1.06 bits per heavy atom. The normalized spacial score (nSPS) is 11.8. The molecular weight excluding hydrogens is 234 g/mol. The Bertz CT molecular complexity index is 255. The predicted octanol–water partition coefficient (Wildman–Crippen LogP) is 2.59. The number of nitrogens with zero attached hydrogens (tertiary/aromatic N) is 1. The highest BCUT2D eigenvalue weighted by Gasteiger charge is 2.25. The summed E-state index contributed by atoms with van der Waals surface area (Å²) >= 11 is 0. The second-order valence-electron chi connectivity index (χ2n) is 3.94. The second kappa shape index (κ2) is 9.74. The number of amides is 1. The molecule has 0 fully saturated rings. The highest BCUT2D eigenvalue weighted by Crippen LogP contribution is 2.13. The molecule has 0 saturated heterocycles. The van der Waals surface area contributed by atoms with Crippen molar-refractivity contribution in [3.8, 4) is 0 Å². The Morgan fingerprint density at radius 3 is 2.11 bits per heavy atom. The van der Waals surface area contributed by atoms with Gasteiger partial charge in [0.25, 0.3) is 0 Å². The molecule has 0 aliphatic carbocycles. The standard InChI is InChI=1S/C13H25NO4/c1-5-9-11(10-12(15)17-7-3)14(6-2)13(16)18-8-4/h11H,5-10H2,1-4H3. The zero-order valence-electron chi connectivity index (χ0n) is 11.9. The number of esters is 1. The quantitative estimate of drug-likeness (QED) is 0.629. The van der Waals surface area contributed by atoms with Gasteiger partial charge in [-0.1, -0.05) is 13.3 Å². The zero-order chi connectivity index (χ0) is 14.0. The Kier molecular flexibility index (Phi) is 9.06. The third kappa shape index (κ3) is 5.89. The first-order valence-corrected chi connectivity index (χ1v) is 6.69. The van der Waals surface area contributed by atoms with Crippen molar-refractivity contribution in [3.63, 3.8) is 0 Å². The molecular formula is C13H25NO4. The fourth-order valence-corrected chi connectivity index (χ4v) is 1.86. The van der Waals surface area contributed by atoms with Gasteiger partial charge in [0.15, 0.2) is 0 Å². The number of carbonyl (C=O) groups is 2. The van der Waals surface area contributed by atoms with Gasteiger partial charge < -0.3 is 14.4 Å². The molecule has 0 aromatic carbocycles. The molecule has 0 saturated carbocycles. The summed E-state index contributed by atoms with van der Waals surface area (Å²) in [6.07, 6.45) is 1.54. The fourth-order valence-electron chi connectivity index (χ4n) is 1.86. The molecule has 0 bridgehead atoms. The summed E-state index contributed by atoms with van der Waals surface area (Å²) in [5.74, 6) is -0.265. The van der Waals surface area contributed by atoms with Gasteiger partial charge in [0.2, 0.25) is 0 Å². The van der Waals surface area contributed by atoms with Crippen molar-refractivity contribution in [2.45, 2.75) is 53.0 Å². The van der Waals surface area contributed by atoms with Crippen molar-refractivity contribution < 1.29 is 19.1 Å². The van der Waals surface area contributed by atoms with Gasteiger partial charge in [-0.05, 0) is 27.2 Å². The first kappa shape index (κ1) is 16.7. The Balaban J connectivity index is 4.60. The second-order valence-corrected chi connectivity index (χ2v) is 3.94. The highest BCUT2D eigenvalue weighted by molar-refractivity contribution is 5.72. The van der Waals surface area contributed by atoms with E-state index in [9.17, 15) is 9.59 Å². The molecule has 106 valence electrons. The van der Waals surface area contributed by atoms with E-state index in [1.54, 1.807) is 18.7 Å². The fraction of sp³-hybridized carbons (Fsp3) is 0.846. The number of hydrogen-bond donors (Lipinski definition) is 0. The Labute approximate surface area is 109 Å². The molecule has 0 aromatic heterocycles. The molecule has 0 rings (SSSR count). The van der Waals surface area contributed by atoms with Crippen molar-refractivity contribution in [3.05, 3.63) is 0 Å². The van der Waals surface area contributed by atoms with Crippen LogP contribution in [-0.4, -0.2) is 42.8 Å². The molecule has 0 N–H and O–H groups in total. The molecule has 18 heavy (non-hydrogen) atoms. The lowest BCUT2D eigenvalue weighted by molar-refractivity contribution is -0.144. The van der Waals surface area contributed by atoms with Crippen LogP contribution < -0.4 is 0 Å². The van der Waals surface area contributed by atoms with Crippen LogP contribution in [0, 0.1) is 0 Å². The topological polar surface area (TPSA) is 55.8 Å². The van der Waals surface area contributed by atoms with Crippen LogP contribution in [0.4, 0.5) is 4.79 Å². The minimum Gasteiger partial charge on any atom is -0.466 e. The van der Waals surface area contributed by atoms with Gasteiger partial charge in [-0.2, -0.15) is 0 Å². The summed E-state index contributed by atoms with van der Waals surface area (Å²) in [5.41, 5.74) is 0. The predicted molar refractivity (Wildman–Crippen MR) is 69.3 cm³/mol. The van der Waals surface area contributed by atoms with E-state index in [0.717, 1.165) is 12.8 Å². The molecule has 0 radical (unpaired) electrons. The SMILES string of the molecule is CCCC(CC(=O)OCC)N(CC)C(=O)OCC.